The quantitative estimate of drug-likeness (QED) is 0.331. The molecule has 7 heavy (non-hydrogen) atoms. The van der Waals surface area contributed by atoms with Crippen molar-refractivity contribution >= 4 is 31.5 Å². The highest BCUT2D eigenvalue weighted by Gasteiger charge is 2.09. The molecule has 3 heteroatoms. The highest BCUT2D eigenvalue weighted by atomic mass is 32.2. The van der Waals surface area contributed by atoms with Crippen molar-refractivity contribution in [3.05, 3.63) is 0 Å². The second-order valence-electron chi connectivity index (χ2n) is 1.59. The molecule has 0 aromatic rings. The van der Waals surface area contributed by atoms with Gasteiger partial charge in [0.1, 0.15) is 6.29 Å². The van der Waals surface area contributed by atoms with Crippen molar-refractivity contribution in [1.29, 1.82) is 0 Å². The third-order valence-corrected chi connectivity index (χ3v) is 0.835. The van der Waals surface area contributed by atoms with Gasteiger partial charge in [-0.1, -0.05) is 0 Å². The third-order valence-electron chi connectivity index (χ3n) is 0.470. The number of carbonyl (C=O) groups excluding carboxylic acids is 1. The van der Waals surface area contributed by atoms with Crippen LogP contribution in [0.5, 0.6) is 0 Å². The molecule has 0 aliphatic carbocycles. The number of hydrogen-bond acceptors (Lipinski definition) is 3. The van der Waals surface area contributed by atoms with Gasteiger partial charge < -0.3 is 4.79 Å². The summed E-state index contributed by atoms with van der Waals surface area (Å²) in [6.07, 6.45) is 1.19. The average molecular weight is 136 g/mol. The summed E-state index contributed by atoms with van der Waals surface area (Å²) in [5.41, 5.74) is 0. The lowest BCUT2D eigenvalue weighted by atomic mass is 10.3. The monoisotopic (exact) mass is 136 g/mol. The molecule has 0 rings (SSSR count). The van der Waals surface area contributed by atoms with Crippen LogP contribution in [0.1, 0.15) is 13.3 Å². The molecule has 0 saturated heterocycles. The lowest BCUT2D eigenvalue weighted by molar-refractivity contribution is -0.107. The summed E-state index contributed by atoms with van der Waals surface area (Å²) in [6.45, 7) is 1.77. The van der Waals surface area contributed by atoms with Gasteiger partial charge in [0.05, 0.1) is 4.08 Å². The maximum Gasteiger partial charge on any atom is 0.122 e. The molecule has 0 bridgehead atoms. The van der Waals surface area contributed by atoms with E-state index >= 15 is 0 Å². The van der Waals surface area contributed by atoms with Gasteiger partial charge in [-0.25, -0.2) is 0 Å². The Bertz CT molecular complexity index is 64.6. The number of carbonyl (C=O) groups is 1. The van der Waals surface area contributed by atoms with Crippen molar-refractivity contribution in [3.63, 3.8) is 0 Å². The number of aldehydes is 1. The lowest BCUT2D eigenvalue weighted by Crippen LogP contribution is -2.05. The van der Waals surface area contributed by atoms with Crippen molar-refractivity contribution in [3.8, 4) is 0 Å². The largest absolute Gasteiger partial charge is 0.303 e. The molecule has 1 nitrogen and oxygen atoms in total. The molecule has 42 valence electrons. The van der Waals surface area contributed by atoms with Crippen LogP contribution in [0.25, 0.3) is 0 Å². The van der Waals surface area contributed by atoms with Crippen molar-refractivity contribution in [2.45, 2.75) is 17.4 Å². The van der Waals surface area contributed by atoms with Gasteiger partial charge in [-0.2, -0.15) is 25.3 Å². The smallest absolute Gasteiger partial charge is 0.122 e. The van der Waals surface area contributed by atoms with E-state index in [4.69, 9.17) is 0 Å². The zero-order chi connectivity index (χ0) is 5.91. The minimum atomic E-state index is -0.429. The van der Waals surface area contributed by atoms with Gasteiger partial charge in [0.25, 0.3) is 0 Å². The first-order valence-electron chi connectivity index (χ1n) is 1.94. The fraction of sp³-hybridized carbons (Fsp3) is 0.750. The molecule has 0 aliphatic rings. The Hall–Kier alpha value is 0.370. The highest BCUT2D eigenvalue weighted by molar-refractivity contribution is 8.00. The Morgan fingerprint density at radius 2 is 2.14 bits per heavy atom. The molecule has 0 atom stereocenters. The predicted molar refractivity (Wildman–Crippen MR) is 37.1 cm³/mol. The normalized spacial score (nSPS) is 11.3. The van der Waals surface area contributed by atoms with E-state index in [9.17, 15) is 4.79 Å². The first-order valence-corrected chi connectivity index (χ1v) is 2.84. The van der Waals surface area contributed by atoms with E-state index in [1.54, 1.807) is 6.92 Å². The molecule has 0 aromatic heterocycles. The van der Waals surface area contributed by atoms with E-state index < -0.39 is 4.08 Å². The predicted octanol–water partition coefficient (Wildman–Crippen LogP) is 1.15. The summed E-state index contributed by atoms with van der Waals surface area (Å²) < 4.78 is -0.429. The summed E-state index contributed by atoms with van der Waals surface area (Å²) in [5, 5.41) is 0. The van der Waals surface area contributed by atoms with Crippen LogP contribution in [-0.4, -0.2) is 10.4 Å². The van der Waals surface area contributed by atoms with E-state index in [-0.39, 0.29) is 0 Å². The van der Waals surface area contributed by atoms with Crippen LogP contribution >= 0.6 is 25.3 Å². The Kier molecular flexibility index (Phi) is 2.76. The fourth-order valence-corrected chi connectivity index (χ4v) is 0.307. The van der Waals surface area contributed by atoms with Crippen molar-refractivity contribution in [1.82, 2.24) is 0 Å². The molecule has 0 heterocycles. The molecule has 0 aliphatic heterocycles. The highest BCUT2D eigenvalue weighted by Crippen LogP contribution is 2.20. The van der Waals surface area contributed by atoms with Gasteiger partial charge in [0.2, 0.25) is 0 Å². The van der Waals surface area contributed by atoms with Crippen LogP contribution in [0.15, 0.2) is 0 Å². The summed E-state index contributed by atoms with van der Waals surface area (Å²) >= 11 is 7.94. The van der Waals surface area contributed by atoms with Crippen LogP contribution in [0.4, 0.5) is 0 Å². The second kappa shape index (κ2) is 2.62. The van der Waals surface area contributed by atoms with E-state index in [1.165, 1.54) is 0 Å². The third kappa shape index (κ3) is 6.37. The van der Waals surface area contributed by atoms with Gasteiger partial charge in [0.15, 0.2) is 0 Å². The van der Waals surface area contributed by atoms with E-state index in [1.807, 2.05) is 0 Å². The number of thiol groups is 2. The molecule has 0 radical (unpaired) electrons. The van der Waals surface area contributed by atoms with E-state index in [2.05, 4.69) is 25.3 Å². The molecule has 0 aromatic carbocycles. The van der Waals surface area contributed by atoms with Crippen molar-refractivity contribution < 1.29 is 4.79 Å². The van der Waals surface area contributed by atoms with Crippen LogP contribution < -0.4 is 0 Å². The molecular weight excluding hydrogens is 128 g/mol. The van der Waals surface area contributed by atoms with Gasteiger partial charge in [-0.05, 0) is 6.92 Å². The van der Waals surface area contributed by atoms with Gasteiger partial charge in [-0.15, -0.1) is 0 Å². The number of hydrogen-bond donors (Lipinski definition) is 2. The standard InChI is InChI=1S/C4H8OS2/c1-4(6,7)2-3-5/h3,6-7H,2H2,1H3. The minimum absolute atomic E-state index is 0.388. The fourth-order valence-electron chi connectivity index (χ4n) is 0.158. The molecule has 0 unspecified atom stereocenters. The first-order chi connectivity index (χ1) is 3.06. The zero-order valence-electron chi connectivity index (χ0n) is 4.09. The second-order valence-corrected chi connectivity index (χ2v) is 3.91. The SMILES string of the molecule is CC(S)(S)CC=O. The molecule has 0 fully saturated rings. The maximum atomic E-state index is 9.72. The molecule has 0 amide bonds. The van der Waals surface area contributed by atoms with E-state index in [0.717, 1.165) is 6.29 Å². The van der Waals surface area contributed by atoms with E-state index in [0.29, 0.717) is 6.42 Å². The Morgan fingerprint density at radius 3 is 2.14 bits per heavy atom. The number of rotatable bonds is 2. The molecule has 0 spiro atoms. The van der Waals surface area contributed by atoms with Crippen LogP contribution in [0.2, 0.25) is 0 Å². The summed E-state index contributed by atoms with van der Waals surface area (Å²) in [7, 11) is 0. The van der Waals surface area contributed by atoms with Crippen molar-refractivity contribution in [2.24, 2.45) is 0 Å². The van der Waals surface area contributed by atoms with Crippen LogP contribution in [0.3, 0.4) is 0 Å². The maximum absolute atomic E-state index is 9.72. The Labute approximate surface area is 54.3 Å². The molecular formula is C4H8OS2. The van der Waals surface area contributed by atoms with Crippen LogP contribution in [-0.2, 0) is 4.79 Å². The van der Waals surface area contributed by atoms with Crippen molar-refractivity contribution in [2.75, 3.05) is 0 Å². The minimum Gasteiger partial charge on any atom is -0.303 e. The van der Waals surface area contributed by atoms with Gasteiger partial charge >= 0.3 is 0 Å². The van der Waals surface area contributed by atoms with Gasteiger partial charge in [-0.3, -0.25) is 0 Å². The average Bonchev–Trinajstić information content (AvgIpc) is 1.30. The topological polar surface area (TPSA) is 17.1 Å². The van der Waals surface area contributed by atoms with Gasteiger partial charge in [0, 0.05) is 6.42 Å². The zero-order valence-corrected chi connectivity index (χ0v) is 5.88. The lowest BCUT2D eigenvalue weighted by Gasteiger charge is -2.09. The Balaban J connectivity index is 3.34. The van der Waals surface area contributed by atoms with Crippen LogP contribution in [0, 0.1) is 0 Å². The summed E-state index contributed by atoms with van der Waals surface area (Å²) in [4.78, 5) is 9.72. The molecule has 0 saturated carbocycles. The first kappa shape index (κ1) is 7.37. The summed E-state index contributed by atoms with van der Waals surface area (Å²) in [6, 6.07) is 0. The molecule has 0 N–H and O–H groups in total. The Morgan fingerprint density at radius 1 is 1.71 bits per heavy atom. The summed E-state index contributed by atoms with van der Waals surface area (Å²) in [5.74, 6) is 0.